The third kappa shape index (κ3) is 2.60. The Morgan fingerprint density at radius 2 is 2.29 bits per heavy atom. The van der Waals surface area contributed by atoms with Gasteiger partial charge < -0.3 is 15.8 Å². The Kier molecular flexibility index (Phi) is 3.99. The molecular weight excluding hydrogens is 236 g/mol. The number of rotatable bonds is 5. The normalized spacial score (nSPS) is 26.2. The molecule has 1 heterocycles. The van der Waals surface area contributed by atoms with Crippen molar-refractivity contribution in [1.29, 1.82) is 0 Å². The van der Waals surface area contributed by atoms with Crippen LogP contribution < -0.4 is 11.1 Å². The van der Waals surface area contributed by atoms with Crippen molar-refractivity contribution < 1.29 is 9.53 Å². The van der Waals surface area contributed by atoms with Gasteiger partial charge in [-0.25, -0.2) is 0 Å². The van der Waals surface area contributed by atoms with Crippen LogP contribution in [0, 0.1) is 11.3 Å². The molecule has 2 aliphatic rings. The van der Waals surface area contributed by atoms with Gasteiger partial charge in [-0.1, -0.05) is 18.6 Å². The second-order valence-electron chi connectivity index (χ2n) is 5.07. The smallest absolute Gasteiger partial charge is 0.233 e. The first-order chi connectivity index (χ1) is 8.15. The first-order valence-electron chi connectivity index (χ1n) is 6.31. The Labute approximate surface area is 107 Å². The molecule has 1 saturated heterocycles. The Hall–Kier alpha value is -0.680. The van der Waals surface area contributed by atoms with Crippen LogP contribution in [-0.4, -0.2) is 30.7 Å². The fourth-order valence-corrected chi connectivity index (χ4v) is 2.78. The minimum absolute atomic E-state index is 0.0233. The van der Waals surface area contributed by atoms with Crippen molar-refractivity contribution in [3.05, 3.63) is 0 Å². The summed E-state index contributed by atoms with van der Waals surface area (Å²) in [5.74, 6) is 0.618. The maximum atomic E-state index is 12.1. The number of carbonyl (C=O) groups is 1. The van der Waals surface area contributed by atoms with Crippen LogP contribution in [0.2, 0.25) is 0 Å². The number of amides is 1. The number of hydrogen-bond donors (Lipinski definition) is 2. The van der Waals surface area contributed by atoms with Gasteiger partial charge in [0.1, 0.15) is 0 Å². The third-order valence-electron chi connectivity index (χ3n) is 3.98. The predicted molar refractivity (Wildman–Crippen MR) is 69.6 cm³/mol. The molecule has 5 heteroatoms. The second kappa shape index (κ2) is 5.31. The molecule has 2 fully saturated rings. The summed E-state index contributed by atoms with van der Waals surface area (Å²) in [6.45, 7) is 2.39. The molecular formula is C12H20N2O2S. The fourth-order valence-electron chi connectivity index (χ4n) is 2.49. The standard InChI is InChI=1S/C12H20N2O2S/c13-10(17)12(4-1-5-12)11(15)14-6-2-9-3-7-16-8-9/h9H,1-8H2,(H2,13,17)(H,14,15). The minimum atomic E-state index is -0.540. The van der Waals surface area contributed by atoms with E-state index in [2.05, 4.69) is 5.32 Å². The topological polar surface area (TPSA) is 64.4 Å². The van der Waals surface area contributed by atoms with Gasteiger partial charge in [-0.15, -0.1) is 0 Å². The zero-order valence-corrected chi connectivity index (χ0v) is 10.9. The molecule has 1 unspecified atom stereocenters. The largest absolute Gasteiger partial charge is 0.392 e. The molecule has 0 aromatic rings. The van der Waals surface area contributed by atoms with E-state index >= 15 is 0 Å². The van der Waals surface area contributed by atoms with Crippen LogP contribution in [0.15, 0.2) is 0 Å². The van der Waals surface area contributed by atoms with Gasteiger partial charge in [0, 0.05) is 19.8 Å². The van der Waals surface area contributed by atoms with Crippen LogP contribution in [0.25, 0.3) is 0 Å². The number of carbonyl (C=O) groups excluding carboxylic acids is 1. The lowest BCUT2D eigenvalue weighted by molar-refractivity contribution is -0.130. The monoisotopic (exact) mass is 256 g/mol. The molecule has 1 aliphatic heterocycles. The lowest BCUT2D eigenvalue weighted by Crippen LogP contribution is -2.53. The number of ether oxygens (including phenoxy) is 1. The van der Waals surface area contributed by atoms with Crippen LogP contribution in [0.4, 0.5) is 0 Å². The van der Waals surface area contributed by atoms with E-state index < -0.39 is 5.41 Å². The number of hydrogen-bond acceptors (Lipinski definition) is 3. The summed E-state index contributed by atoms with van der Waals surface area (Å²) in [4.78, 5) is 12.4. The zero-order chi connectivity index (χ0) is 12.3. The molecule has 3 N–H and O–H groups in total. The summed E-state index contributed by atoms with van der Waals surface area (Å²) in [6.07, 6.45) is 4.75. The first kappa shape index (κ1) is 12.8. The van der Waals surface area contributed by atoms with Crippen molar-refractivity contribution >= 4 is 23.1 Å². The fraction of sp³-hybridized carbons (Fsp3) is 0.833. The van der Waals surface area contributed by atoms with E-state index in [0.29, 0.717) is 17.5 Å². The van der Waals surface area contributed by atoms with Crippen LogP contribution in [-0.2, 0) is 9.53 Å². The SMILES string of the molecule is NC(=S)C1(C(=O)NCCC2CCOC2)CCC1. The van der Waals surface area contributed by atoms with Gasteiger partial charge in [0.05, 0.1) is 10.4 Å². The van der Waals surface area contributed by atoms with Gasteiger partial charge >= 0.3 is 0 Å². The molecule has 1 saturated carbocycles. The highest BCUT2D eigenvalue weighted by Crippen LogP contribution is 2.41. The Balaban J connectivity index is 1.74. The second-order valence-corrected chi connectivity index (χ2v) is 5.51. The molecule has 17 heavy (non-hydrogen) atoms. The average molecular weight is 256 g/mol. The van der Waals surface area contributed by atoms with Crippen LogP contribution in [0.3, 0.4) is 0 Å². The van der Waals surface area contributed by atoms with Gasteiger partial charge in [0.25, 0.3) is 0 Å². The molecule has 0 spiro atoms. The molecule has 0 bridgehead atoms. The van der Waals surface area contributed by atoms with Crippen molar-refractivity contribution in [2.24, 2.45) is 17.1 Å². The van der Waals surface area contributed by atoms with Crippen molar-refractivity contribution in [1.82, 2.24) is 5.32 Å². The lowest BCUT2D eigenvalue weighted by atomic mass is 9.68. The maximum Gasteiger partial charge on any atom is 0.233 e. The zero-order valence-electron chi connectivity index (χ0n) is 10.0. The highest BCUT2D eigenvalue weighted by Gasteiger charge is 2.46. The molecule has 1 atom stereocenters. The summed E-state index contributed by atoms with van der Waals surface area (Å²) >= 11 is 5.01. The molecule has 0 aromatic carbocycles. The molecule has 4 nitrogen and oxygen atoms in total. The number of thiocarbonyl (C=S) groups is 1. The maximum absolute atomic E-state index is 12.1. The Bertz CT molecular complexity index is 310. The Morgan fingerprint density at radius 3 is 2.76 bits per heavy atom. The summed E-state index contributed by atoms with van der Waals surface area (Å²) in [7, 11) is 0. The molecule has 0 aromatic heterocycles. The highest BCUT2D eigenvalue weighted by molar-refractivity contribution is 7.80. The lowest BCUT2D eigenvalue weighted by Gasteiger charge is -2.39. The van der Waals surface area contributed by atoms with E-state index in [1.807, 2.05) is 0 Å². The summed E-state index contributed by atoms with van der Waals surface area (Å²) in [6, 6.07) is 0. The minimum Gasteiger partial charge on any atom is -0.392 e. The van der Waals surface area contributed by atoms with Gasteiger partial charge in [-0.2, -0.15) is 0 Å². The molecule has 1 aliphatic carbocycles. The van der Waals surface area contributed by atoms with Gasteiger partial charge in [-0.05, 0) is 31.6 Å². The quantitative estimate of drug-likeness (QED) is 0.720. The van der Waals surface area contributed by atoms with Crippen molar-refractivity contribution in [3.63, 3.8) is 0 Å². The molecule has 0 radical (unpaired) electrons. The summed E-state index contributed by atoms with van der Waals surface area (Å²) < 4.78 is 5.30. The van der Waals surface area contributed by atoms with Gasteiger partial charge in [0.2, 0.25) is 5.91 Å². The molecule has 96 valence electrons. The van der Waals surface area contributed by atoms with E-state index in [1.54, 1.807) is 0 Å². The van der Waals surface area contributed by atoms with E-state index in [-0.39, 0.29) is 5.91 Å². The average Bonchev–Trinajstić information content (AvgIpc) is 2.67. The summed E-state index contributed by atoms with van der Waals surface area (Å²) in [5, 5.41) is 2.97. The van der Waals surface area contributed by atoms with Gasteiger partial charge in [-0.3, -0.25) is 4.79 Å². The van der Waals surface area contributed by atoms with Crippen LogP contribution >= 0.6 is 12.2 Å². The van der Waals surface area contributed by atoms with E-state index in [0.717, 1.165) is 45.3 Å². The Morgan fingerprint density at radius 1 is 1.53 bits per heavy atom. The van der Waals surface area contributed by atoms with Gasteiger partial charge in [0.15, 0.2) is 0 Å². The van der Waals surface area contributed by atoms with Crippen molar-refractivity contribution in [2.75, 3.05) is 19.8 Å². The third-order valence-corrected chi connectivity index (χ3v) is 4.37. The highest BCUT2D eigenvalue weighted by atomic mass is 32.1. The van der Waals surface area contributed by atoms with Crippen molar-refractivity contribution in [2.45, 2.75) is 32.1 Å². The van der Waals surface area contributed by atoms with Crippen molar-refractivity contribution in [3.8, 4) is 0 Å². The summed E-state index contributed by atoms with van der Waals surface area (Å²) in [5.41, 5.74) is 5.14. The van der Waals surface area contributed by atoms with Crippen LogP contribution in [0.1, 0.15) is 32.1 Å². The van der Waals surface area contributed by atoms with Crippen LogP contribution in [0.5, 0.6) is 0 Å². The van der Waals surface area contributed by atoms with E-state index in [4.69, 9.17) is 22.7 Å². The first-order valence-corrected chi connectivity index (χ1v) is 6.72. The molecule has 2 rings (SSSR count). The van der Waals surface area contributed by atoms with E-state index in [1.165, 1.54) is 0 Å². The number of nitrogens with two attached hydrogens (primary N) is 1. The van der Waals surface area contributed by atoms with E-state index in [9.17, 15) is 4.79 Å². The predicted octanol–water partition coefficient (Wildman–Crippen LogP) is 0.986. The number of nitrogens with one attached hydrogen (secondary N) is 1. The molecule has 1 amide bonds.